The maximum Gasteiger partial charge on any atom is 0.218 e. The van der Waals surface area contributed by atoms with E-state index in [1.54, 1.807) is 14.2 Å². The van der Waals surface area contributed by atoms with Crippen molar-refractivity contribution in [3.8, 4) is 5.88 Å². The summed E-state index contributed by atoms with van der Waals surface area (Å²) in [6.07, 6.45) is 2.43. The molecular formula is C19H25N3O3. The molecule has 134 valence electrons. The standard InChI is InChI=1S/C19H25N3O3/c1-23-14-17-20-18(11-19(21-17)24-2)22(13-16-9-6-10-25-16)12-15-7-4-3-5-8-15/h3-5,7-8,11,16H,6,9-10,12-14H2,1-2H3. The molecule has 0 radical (unpaired) electrons. The zero-order chi connectivity index (χ0) is 17.5. The zero-order valence-corrected chi connectivity index (χ0v) is 14.9. The second kappa shape index (κ2) is 8.78. The molecule has 0 N–H and O–H groups in total. The highest BCUT2D eigenvalue weighted by Crippen LogP contribution is 2.23. The van der Waals surface area contributed by atoms with E-state index in [1.165, 1.54) is 5.56 Å². The maximum absolute atomic E-state index is 5.84. The van der Waals surface area contributed by atoms with Gasteiger partial charge in [0, 0.05) is 32.9 Å². The Bertz CT molecular complexity index is 660. The van der Waals surface area contributed by atoms with Crippen LogP contribution in [0.1, 0.15) is 24.2 Å². The highest BCUT2D eigenvalue weighted by Gasteiger charge is 2.21. The average Bonchev–Trinajstić information content (AvgIpc) is 3.15. The third-order valence-electron chi connectivity index (χ3n) is 4.21. The molecule has 0 saturated carbocycles. The molecule has 1 fully saturated rings. The van der Waals surface area contributed by atoms with Crippen LogP contribution in [0.5, 0.6) is 5.88 Å². The maximum atomic E-state index is 5.84. The first-order valence-corrected chi connectivity index (χ1v) is 8.60. The van der Waals surface area contributed by atoms with Gasteiger partial charge in [0.2, 0.25) is 5.88 Å². The SMILES string of the molecule is COCc1nc(OC)cc(N(Cc2ccccc2)CC2CCCO2)n1. The van der Waals surface area contributed by atoms with Gasteiger partial charge in [-0.25, -0.2) is 4.98 Å². The normalized spacial score (nSPS) is 16.8. The molecule has 1 unspecified atom stereocenters. The van der Waals surface area contributed by atoms with E-state index in [4.69, 9.17) is 14.2 Å². The number of nitrogens with zero attached hydrogens (tertiary/aromatic N) is 3. The molecule has 0 amide bonds. The summed E-state index contributed by atoms with van der Waals surface area (Å²) in [6, 6.07) is 12.2. The van der Waals surface area contributed by atoms with Crippen LogP contribution in [0.4, 0.5) is 5.82 Å². The van der Waals surface area contributed by atoms with E-state index in [9.17, 15) is 0 Å². The fourth-order valence-electron chi connectivity index (χ4n) is 3.00. The van der Waals surface area contributed by atoms with E-state index < -0.39 is 0 Å². The molecule has 0 spiro atoms. The van der Waals surface area contributed by atoms with Gasteiger partial charge in [0.1, 0.15) is 12.4 Å². The molecule has 1 aliphatic heterocycles. The summed E-state index contributed by atoms with van der Waals surface area (Å²) in [5.74, 6) is 1.99. The molecule has 3 rings (SSSR count). The van der Waals surface area contributed by atoms with Gasteiger partial charge in [0.05, 0.1) is 13.2 Å². The first-order chi connectivity index (χ1) is 12.3. The lowest BCUT2D eigenvalue weighted by molar-refractivity contribution is 0.115. The monoisotopic (exact) mass is 343 g/mol. The van der Waals surface area contributed by atoms with Crippen molar-refractivity contribution in [3.63, 3.8) is 0 Å². The second-order valence-electron chi connectivity index (χ2n) is 6.12. The van der Waals surface area contributed by atoms with Crippen LogP contribution in [0.2, 0.25) is 0 Å². The van der Waals surface area contributed by atoms with Crippen molar-refractivity contribution in [2.24, 2.45) is 0 Å². The molecular weight excluding hydrogens is 318 g/mol. The van der Waals surface area contributed by atoms with Gasteiger partial charge in [-0.2, -0.15) is 4.98 Å². The van der Waals surface area contributed by atoms with E-state index in [2.05, 4.69) is 39.1 Å². The van der Waals surface area contributed by atoms with Crippen LogP contribution < -0.4 is 9.64 Å². The summed E-state index contributed by atoms with van der Waals surface area (Å²) < 4.78 is 16.4. The van der Waals surface area contributed by atoms with Crippen molar-refractivity contribution < 1.29 is 14.2 Å². The molecule has 0 aliphatic carbocycles. The molecule has 0 bridgehead atoms. The Hall–Kier alpha value is -2.18. The van der Waals surface area contributed by atoms with E-state index >= 15 is 0 Å². The third-order valence-corrected chi connectivity index (χ3v) is 4.21. The van der Waals surface area contributed by atoms with Crippen LogP contribution in [0.15, 0.2) is 36.4 Å². The Morgan fingerprint density at radius 1 is 1.20 bits per heavy atom. The van der Waals surface area contributed by atoms with Gasteiger partial charge in [-0.3, -0.25) is 0 Å². The Morgan fingerprint density at radius 3 is 2.72 bits per heavy atom. The van der Waals surface area contributed by atoms with Gasteiger partial charge in [-0.1, -0.05) is 30.3 Å². The predicted molar refractivity (Wildman–Crippen MR) is 95.8 cm³/mol. The van der Waals surface area contributed by atoms with Crippen LogP contribution in [0, 0.1) is 0 Å². The van der Waals surface area contributed by atoms with Crippen molar-refractivity contribution in [2.75, 3.05) is 32.3 Å². The largest absolute Gasteiger partial charge is 0.481 e. The summed E-state index contributed by atoms with van der Waals surface area (Å²) in [4.78, 5) is 11.2. The summed E-state index contributed by atoms with van der Waals surface area (Å²) >= 11 is 0. The number of benzene rings is 1. The quantitative estimate of drug-likeness (QED) is 0.735. The first-order valence-electron chi connectivity index (χ1n) is 8.60. The number of hydrogen-bond donors (Lipinski definition) is 0. The fraction of sp³-hybridized carbons (Fsp3) is 0.474. The lowest BCUT2D eigenvalue weighted by Crippen LogP contribution is -2.32. The topological polar surface area (TPSA) is 56.7 Å². The van der Waals surface area contributed by atoms with Crippen LogP contribution in [0.3, 0.4) is 0 Å². The van der Waals surface area contributed by atoms with E-state index in [-0.39, 0.29) is 6.10 Å². The average molecular weight is 343 g/mol. The Morgan fingerprint density at radius 2 is 2.04 bits per heavy atom. The highest BCUT2D eigenvalue weighted by molar-refractivity contribution is 5.43. The minimum atomic E-state index is 0.232. The van der Waals surface area contributed by atoms with Gasteiger partial charge >= 0.3 is 0 Å². The second-order valence-corrected chi connectivity index (χ2v) is 6.12. The smallest absolute Gasteiger partial charge is 0.218 e. The summed E-state index contributed by atoms with van der Waals surface area (Å²) in [5.41, 5.74) is 1.23. The molecule has 6 heteroatoms. The summed E-state index contributed by atoms with van der Waals surface area (Å²) in [5, 5.41) is 0. The van der Waals surface area contributed by atoms with Crippen molar-refractivity contribution >= 4 is 5.82 Å². The Balaban J connectivity index is 1.87. The van der Waals surface area contributed by atoms with Crippen molar-refractivity contribution in [2.45, 2.75) is 32.1 Å². The van der Waals surface area contributed by atoms with Crippen molar-refractivity contribution in [1.29, 1.82) is 0 Å². The molecule has 1 saturated heterocycles. The first kappa shape index (κ1) is 17.6. The molecule has 6 nitrogen and oxygen atoms in total. The number of ether oxygens (including phenoxy) is 3. The van der Waals surface area contributed by atoms with E-state index in [1.807, 2.05) is 12.1 Å². The number of anilines is 1. The fourth-order valence-corrected chi connectivity index (χ4v) is 3.00. The molecule has 1 aromatic carbocycles. The van der Waals surface area contributed by atoms with E-state index in [0.29, 0.717) is 18.3 Å². The summed E-state index contributed by atoms with van der Waals surface area (Å²) in [6.45, 7) is 2.74. The highest BCUT2D eigenvalue weighted by atomic mass is 16.5. The van der Waals surface area contributed by atoms with Crippen LogP contribution in [-0.4, -0.2) is 43.4 Å². The van der Waals surface area contributed by atoms with Gasteiger partial charge in [-0.05, 0) is 18.4 Å². The van der Waals surface area contributed by atoms with Crippen molar-refractivity contribution in [3.05, 3.63) is 47.8 Å². The molecule has 1 aromatic heterocycles. The van der Waals surface area contributed by atoms with Gasteiger partial charge in [0.25, 0.3) is 0 Å². The number of rotatable bonds is 8. The van der Waals surface area contributed by atoms with Crippen molar-refractivity contribution in [1.82, 2.24) is 9.97 Å². The lowest BCUT2D eigenvalue weighted by Gasteiger charge is -2.27. The Kier molecular flexibility index (Phi) is 6.19. The molecule has 2 heterocycles. The molecule has 2 aromatic rings. The number of aromatic nitrogens is 2. The number of methoxy groups -OCH3 is 2. The Labute approximate surface area is 148 Å². The third kappa shape index (κ3) is 4.90. The van der Waals surface area contributed by atoms with Crippen LogP contribution >= 0.6 is 0 Å². The van der Waals surface area contributed by atoms with E-state index in [0.717, 1.165) is 38.4 Å². The molecule has 1 aliphatic rings. The van der Waals surface area contributed by atoms with Crippen LogP contribution in [0.25, 0.3) is 0 Å². The predicted octanol–water partition coefficient (Wildman–Crippen LogP) is 2.82. The molecule has 1 atom stereocenters. The zero-order valence-electron chi connectivity index (χ0n) is 14.9. The summed E-state index contributed by atoms with van der Waals surface area (Å²) in [7, 11) is 3.25. The van der Waals surface area contributed by atoms with Gasteiger partial charge < -0.3 is 19.1 Å². The molecule has 25 heavy (non-hydrogen) atoms. The van der Waals surface area contributed by atoms with Crippen LogP contribution in [-0.2, 0) is 22.6 Å². The number of hydrogen-bond acceptors (Lipinski definition) is 6. The van der Waals surface area contributed by atoms with Gasteiger partial charge in [-0.15, -0.1) is 0 Å². The minimum absolute atomic E-state index is 0.232. The lowest BCUT2D eigenvalue weighted by atomic mass is 10.2. The minimum Gasteiger partial charge on any atom is -0.481 e. The van der Waals surface area contributed by atoms with Gasteiger partial charge in [0.15, 0.2) is 5.82 Å².